The molecule has 0 heterocycles. The first-order valence-electron chi connectivity index (χ1n) is 6.59. The fourth-order valence-electron chi connectivity index (χ4n) is 2.59. The molecule has 3 nitrogen and oxygen atoms in total. The lowest BCUT2D eigenvalue weighted by molar-refractivity contribution is -0.100. The Morgan fingerprint density at radius 2 is 1.75 bits per heavy atom. The molecule has 0 saturated heterocycles. The monoisotopic (exact) mass is 229 g/mol. The molecule has 1 rings (SSSR count). The standard InChI is InChI=1S/C13H27NO2/c1-4-5-11-6-8-12(9-7-11)14-10-13(15-2)16-3/h11-14H,4-10H2,1-3H3. The van der Waals surface area contributed by atoms with Gasteiger partial charge in [0.2, 0.25) is 0 Å². The van der Waals surface area contributed by atoms with Gasteiger partial charge in [0.25, 0.3) is 0 Å². The van der Waals surface area contributed by atoms with Gasteiger partial charge in [-0.25, -0.2) is 0 Å². The second kappa shape index (κ2) is 8.04. The van der Waals surface area contributed by atoms with Crippen molar-refractivity contribution in [1.82, 2.24) is 5.32 Å². The van der Waals surface area contributed by atoms with Crippen LogP contribution >= 0.6 is 0 Å². The van der Waals surface area contributed by atoms with Crippen molar-refractivity contribution in [2.75, 3.05) is 20.8 Å². The Hall–Kier alpha value is -0.120. The molecule has 0 aromatic heterocycles. The third-order valence-corrected chi connectivity index (χ3v) is 3.64. The van der Waals surface area contributed by atoms with Gasteiger partial charge in [-0.05, 0) is 31.6 Å². The van der Waals surface area contributed by atoms with E-state index in [-0.39, 0.29) is 6.29 Å². The van der Waals surface area contributed by atoms with E-state index in [0.717, 1.165) is 12.5 Å². The lowest BCUT2D eigenvalue weighted by atomic mass is 9.83. The Morgan fingerprint density at radius 3 is 2.25 bits per heavy atom. The van der Waals surface area contributed by atoms with Crippen molar-refractivity contribution in [2.24, 2.45) is 5.92 Å². The lowest BCUT2D eigenvalue weighted by Crippen LogP contribution is -2.39. The van der Waals surface area contributed by atoms with Crippen molar-refractivity contribution >= 4 is 0 Å². The zero-order valence-electron chi connectivity index (χ0n) is 11.0. The highest BCUT2D eigenvalue weighted by atomic mass is 16.7. The molecule has 1 aliphatic rings. The topological polar surface area (TPSA) is 30.5 Å². The van der Waals surface area contributed by atoms with Gasteiger partial charge in [0.05, 0.1) is 0 Å². The molecule has 96 valence electrons. The van der Waals surface area contributed by atoms with E-state index in [2.05, 4.69) is 12.2 Å². The van der Waals surface area contributed by atoms with E-state index < -0.39 is 0 Å². The zero-order chi connectivity index (χ0) is 11.8. The fraction of sp³-hybridized carbons (Fsp3) is 1.00. The largest absolute Gasteiger partial charge is 0.355 e. The van der Waals surface area contributed by atoms with Crippen molar-refractivity contribution in [3.63, 3.8) is 0 Å². The molecule has 0 spiro atoms. The first-order valence-corrected chi connectivity index (χ1v) is 6.59. The molecule has 0 radical (unpaired) electrons. The fourth-order valence-corrected chi connectivity index (χ4v) is 2.59. The molecule has 1 fully saturated rings. The maximum Gasteiger partial charge on any atom is 0.169 e. The Morgan fingerprint density at radius 1 is 1.12 bits per heavy atom. The van der Waals surface area contributed by atoms with Gasteiger partial charge in [-0.2, -0.15) is 0 Å². The molecule has 16 heavy (non-hydrogen) atoms. The van der Waals surface area contributed by atoms with Gasteiger partial charge in [0, 0.05) is 26.8 Å². The molecule has 1 aliphatic carbocycles. The first kappa shape index (κ1) is 13.9. The normalized spacial score (nSPS) is 26.2. The number of rotatable bonds is 7. The average Bonchev–Trinajstić information content (AvgIpc) is 2.33. The third kappa shape index (κ3) is 4.81. The van der Waals surface area contributed by atoms with Crippen LogP contribution in [0.1, 0.15) is 45.4 Å². The average molecular weight is 229 g/mol. The van der Waals surface area contributed by atoms with Crippen LogP contribution in [0.3, 0.4) is 0 Å². The van der Waals surface area contributed by atoms with Crippen LogP contribution in [0.2, 0.25) is 0 Å². The SMILES string of the molecule is CCCC1CCC(NCC(OC)OC)CC1. The van der Waals surface area contributed by atoms with Crippen LogP contribution in [0, 0.1) is 5.92 Å². The molecule has 0 aromatic carbocycles. The summed E-state index contributed by atoms with van der Waals surface area (Å²) >= 11 is 0. The minimum Gasteiger partial charge on any atom is -0.355 e. The molecule has 0 bridgehead atoms. The van der Waals surface area contributed by atoms with Crippen molar-refractivity contribution in [2.45, 2.75) is 57.8 Å². The highest BCUT2D eigenvalue weighted by Gasteiger charge is 2.20. The van der Waals surface area contributed by atoms with E-state index in [1.165, 1.54) is 38.5 Å². The van der Waals surface area contributed by atoms with Crippen LogP contribution in [-0.4, -0.2) is 33.1 Å². The zero-order valence-corrected chi connectivity index (χ0v) is 11.0. The molecule has 0 atom stereocenters. The van der Waals surface area contributed by atoms with Gasteiger partial charge in [-0.3, -0.25) is 0 Å². The van der Waals surface area contributed by atoms with E-state index in [4.69, 9.17) is 9.47 Å². The van der Waals surface area contributed by atoms with Gasteiger partial charge < -0.3 is 14.8 Å². The Bertz CT molecular complexity index is 163. The highest BCUT2D eigenvalue weighted by Crippen LogP contribution is 2.27. The number of methoxy groups -OCH3 is 2. The van der Waals surface area contributed by atoms with E-state index in [0.29, 0.717) is 6.04 Å². The molecule has 0 unspecified atom stereocenters. The van der Waals surface area contributed by atoms with E-state index >= 15 is 0 Å². The summed E-state index contributed by atoms with van der Waals surface area (Å²) in [7, 11) is 3.38. The summed E-state index contributed by atoms with van der Waals surface area (Å²) in [5.74, 6) is 0.976. The molecule has 1 saturated carbocycles. The van der Waals surface area contributed by atoms with E-state index in [1.807, 2.05) is 0 Å². The summed E-state index contributed by atoms with van der Waals surface area (Å²) in [5.41, 5.74) is 0. The number of ether oxygens (including phenoxy) is 2. The predicted molar refractivity (Wildman–Crippen MR) is 66.5 cm³/mol. The Labute approximate surface area is 99.9 Å². The second-order valence-corrected chi connectivity index (χ2v) is 4.82. The van der Waals surface area contributed by atoms with Gasteiger partial charge in [-0.15, -0.1) is 0 Å². The minimum atomic E-state index is -0.103. The maximum atomic E-state index is 5.17. The maximum absolute atomic E-state index is 5.17. The van der Waals surface area contributed by atoms with E-state index in [1.54, 1.807) is 14.2 Å². The quantitative estimate of drug-likeness (QED) is 0.681. The van der Waals surface area contributed by atoms with Crippen molar-refractivity contribution in [3.8, 4) is 0 Å². The smallest absolute Gasteiger partial charge is 0.169 e. The van der Waals surface area contributed by atoms with Crippen LogP contribution < -0.4 is 5.32 Å². The van der Waals surface area contributed by atoms with Gasteiger partial charge >= 0.3 is 0 Å². The van der Waals surface area contributed by atoms with E-state index in [9.17, 15) is 0 Å². The van der Waals surface area contributed by atoms with Crippen LogP contribution in [0.5, 0.6) is 0 Å². The summed E-state index contributed by atoms with van der Waals surface area (Å²) in [4.78, 5) is 0. The van der Waals surface area contributed by atoms with Crippen LogP contribution in [0.15, 0.2) is 0 Å². The van der Waals surface area contributed by atoms with Crippen LogP contribution in [-0.2, 0) is 9.47 Å². The minimum absolute atomic E-state index is 0.103. The van der Waals surface area contributed by atoms with Gasteiger partial charge in [-0.1, -0.05) is 19.8 Å². The highest BCUT2D eigenvalue weighted by molar-refractivity contribution is 4.77. The van der Waals surface area contributed by atoms with Crippen molar-refractivity contribution in [3.05, 3.63) is 0 Å². The molecule has 3 heteroatoms. The number of hydrogen-bond acceptors (Lipinski definition) is 3. The van der Waals surface area contributed by atoms with Gasteiger partial charge in [0.15, 0.2) is 6.29 Å². The van der Waals surface area contributed by atoms with Crippen LogP contribution in [0.4, 0.5) is 0 Å². The third-order valence-electron chi connectivity index (χ3n) is 3.64. The van der Waals surface area contributed by atoms with Crippen molar-refractivity contribution < 1.29 is 9.47 Å². The molecular formula is C13H27NO2. The Balaban J connectivity index is 2.12. The Kier molecular flexibility index (Phi) is 7.01. The summed E-state index contributed by atoms with van der Waals surface area (Å²) in [5, 5.41) is 3.54. The second-order valence-electron chi connectivity index (χ2n) is 4.82. The number of nitrogens with one attached hydrogen (secondary N) is 1. The summed E-state index contributed by atoms with van der Waals surface area (Å²) in [6, 6.07) is 0.668. The molecule has 0 aromatic rings. The van der Waals surface area contributed by atoms with Gasteiger partial charge in [0.1, 0.15) is 0 Å². The summed E-state index contributed by atoms with van der Waals surface area (Å²) < 4.78 is 10.3. The predicted octanol–water partition coefficient (Wildman–Crippen LogP) is 2.55. The molecular weight excluding hydrogens is 202 g/mol. The summed E-state index contributed by atoms with van der Waals surface area (Å²) in [6.07, 6.45) is 8.03. The first-order chi connectivity index (χ1) is 7.80. The van der Waals surface area contributed by atoms with Crippen molar-refractivity contribution in [1.29, 1.82) is 0 Å². The lowest BCUT2D eigenvalue weighted by Gasteiger charge is -2.29. The summed E-state index contributed by atoms with van der Waals surface area (Å²) in [6.45, 7) is 3.09. The molecule has 1 N–H and O–H groups in total. The molecule has 0 amide bonds. The molecule has 0 aliphatic heterocycles. The van der Waals surface area contributed by atoms with Crippen LogP contribution in [0.25, 0.3) is 0 Å². The number of hydrogen-bond donors (Lipinski definition) is 1.